The fourth-order valence-corrected chi connectivity index (χ4v) is 1.03. The van der Waals surface area contributed by atoms with Crippen molar-refractivity contribution in [3.8, 4) is 0 Å². The Labute approximate surface area is 64.5 Å². The molecule has 56 valence electrons. The molecule has 0 radical (unpaired) electrons. The van der Waals surface area contributed by atoms with Gasteiger partial charge in [0.05, 0.1) is 5.92 Å². The maximum Gasteiger partial charge on any atom is 0.224 e. The fraction of sp³-hybridized carbons (Fsp3) is 0.500. The van der Waals surface area contributed by atoms with Crippen LogP contribution in [0, 0.1) is 5.92 Å². The SMILES string of the molecule is NC(=O)C1C=CN(Cl)CC1. The van der Waals surface area contributed by atoms with Crippen LogP contribution in [0.4, 0.5) is 0 Å². The van der Waals surface area contributed by atoms with Crippen LogP contribution < -0.4 is 5.73 Å². The molecule has 1 atom stereocenters. The zero-order chi connectivity index (χ0) is 7.56. The zero-order valence-corrected chi connectivity index (χ0v) is 6.21. The summed E-state index contributed by atoms with van der Waals surface area (Å²) in [4.78, 5) is 10.6. The summed E-state index contributed by atoms with van der Waals surface area (Å²) >= 11 is 5.58. The van der Waals surface area contributed by atoms with E-state index in [4.69, 9.17) is 17.5 Å². The molecule has 0 aromatic heterocycles. The van der Waals surface area contributed by atoms with Crippen molar-refractivity contribution >= 4 is 17.7 Å². The van der Waals surface area contributed by atoms with Crippen molar-refractivity contribution in [2.45, 2.75) is 6.42 Å². The molecule has 0 aromatic rings. The number of amides is 1. The number of nitrogens with zero attached hydrogens (tertiary/aromatic N) is 1. The molecular weight excluding hydrogens is 152 g/mol. The van der Waals surface area contributed by atoms with E-state index < -0.39 is 0 Å². The predicted molar refractivity (Wildman–Crippen MR) is 39.0 cm³/mol. The van der Waals surface area contributed by atoms with Gasteiger partial charge in [-0.2, -0.15) is 0 Å². The lowest BCUT2D eigenvalue weighted by Crippen LogP contribution is -2.27. The number of rotatable bonds is 1. The molecule has 0 saturated heterocycles. The summed E-state index contributed by atoms with van der Waals surface area (Å²) in [6.45, 7) is 0.686. The molecule has 0 spiro atoms. The lowest BCUT2D eigenvalue weighted by atomic mass is 10.0. The van der Waals surface area contributed by atoms with E-state index in [1.165, 1.54) is 4.42 Å². The van der Waals surface area contributed by atoms with Crippen LogP contribution in [0.3, 0.4) is 0 Å². The summed E-state index contributed by atoms with van der Waals surface area (Å²) in [5.74, 6) is -0.406. The van der Waals surface area contributed by atoms with Gasteiger partial charge >= 0.3 is 0 Å². The first kappa shape index (κ1) is 7.41. The van der Waals surface area contributed by atoms with E-state index in [-0.39, 0.29) is 11.8 Å². The Balaban J connectivity index is 2.53. The van der Waals surface area contributed by atoms with Gasteiger partial charge in [0.1, 0.15) is 0 Å². The summed E-state index contributed by atoms with van der Waals surface area (Å²) in [5.41, 5.74) is 5.06. The third-order valence-electron chi connectivity index (χ3n) is 1.50. The van der Waals surface area contributed by atoms with Crippen molar-refractivity contribution in [3.05, 3.63) is 12.3 Å². The molecule has 0 aliphatic carbocycles. The molecule has 1 rings (SSSR count). The number of carbonyl (C=O) groups excluding carboxylic acids is 1. The first-order chi connectivity index (χ1) is 4.70. The van der Waals surface area contributed by atoms with Crippen molar-refractivity contribution in [1.29, 1.82) is 0 Å². The average Bonchev–Trinajstić information content (AvgIpc) is 1.88. The Bertz CT molecular complexity index is 169. The third-order valence-corrected chi connectivity index (χ3v) is 1.78. The Morgan fingerprint density at radius 3 is 2.90 bits per heavy atom. The van der Waals surface area contributed by atoms with Gasteiger partial charge in [-0.25, -0.2) is 0 Å². The van der Waals surface area contributed by atoms with Crippen LogP contribution in [0.25, 0.3) is 0 Å². The average molecular weight is 161 g/mol. The first-order valence-electron chi connectivity index (χ1n) is 3.10. The van der Waals surface area contributed by atoms with Crippen LogP contribution in [-0.4, -0.2) is 16.9 Å². The van der Waals surface area contributed by atoms with E-state index >= 15 is 0 Å². The second-order valence-electron chi connectivity index (χ2n) is 2.26. The zero-order valence-electron chi connectivity index (χ0n) is 5.46. The van der Waals surface area contributed by atoms with Crippen molar-refractivity contribution in [3.63, 3.8) is 0 Å². The summed E-state index contributed by atoms with van der Waals surface area (Å²) in [7, 11) is 0. The smallest absolute Gasteiger partial charge is 0.224 e. The number of halogens is 1. The molecule has 4 heteroatoms. The second kappa shape index (κ2) is 2.92. The molecule has 0 fully saturated rings. The van der Waals surface area contributed by atoms with Crippen LogP contribution in [0.15, 0.2) is 12.3 Å². The molecule has 1 aliphatic rings. The lowest BCUT2D eigenvalue weighted by molar-refractivity contribution is -0.120. The van der Waals surface area contributed by atoms with Gasteiger partial charge in [-0.05, 0) is 6.42 Å². The minimum absolute atomic E-state index is 0.130. The Kier molecular flexibility index (Phi) is 2.17. The van der Waals surface area contributed by atoms with E-state index in [1.807, 2.05) is 0 Å². The molecule has 0 bridgehead atoms. The highest BCUT2D eigenvalue weighted by Crippen LogP contribution is 2.14. The van der Waals surface area contributed by atoms with Gasteiger partial charge in [-0.3, -0.25) is 9.21 Å². The first-order valence-corrected chi connectivity index (χ1v) is 3.44. The van der Waals surface area contributed by atoms with E-state index in [0.717, 1.165) is 6.42 Å². The Morgan fingerprint density at radius 1 is 1.80 bits per heavy atom. The monoisotopic (exact) mass is 160 g/mol. The van der Waals surface area contributed by atoms with Crippen LogP contribution in [0.2, 0.25) is 0 Å². The molecule has 10 heavy (non-hydrogen) atoms. The number of hydrogen-bond acceptors (Lipinski definition) is 2. The van der Waals surface area contributed by atoms with Crippen LogP contribution >= 0.6 is 11.8 Å². The minimum Gasteiger partial charge on any atom is -0.369 e. The van der Waals surface area contributed by atoms with Crippen LogP contribution in [-0.2, 0) is 4.79 Å². The number of carbonyl (C=O) groups is 1. The molecule has 0 aromatic carbocycles. The van der Waals surface area contributed by atoms with Crippen LogP contribution in [0.1, 0.15) is 6.42 Å². The van der Waals surface area contributed by atoms with E-state index in [1.54, 1.807) is 12.3 Å². The van der Waals surface area contributed by atoms with Gasteiger partial charge in [0, 0.05) is 24.5 Å². The van der Waals surface area contributed by atoms with Crippen molar-refractivity contribution < 1.29 is 4.79 Å². The number of nitrogens with two attached hydrogens (primary N) is 1. The van der Waals surface area contributed by atoms with Gasteiger partial charge in [0.25, 0.3) is 0 Å². The van der Waals surface area contributed by atoms with E-state index in [9.17, 15) is 4.79 Å². The largest absolute Gasteiger partial charge is 0.369 e. The summed E-state index contributed by atoms with van der Waals surface area (Å²) in [5, 5.41) is 0. The van der Waals surface area contributed by atoms with Gasteiger partial charge in [-0.1, -0.05) is 6.08 Å². The van der Waals surface area contributed by atoms with Gasteiger partial charge in [0.2, 0.25) is 5.91 Å². The quantitative estimate of drug-likeness (QED) is 0.567. The maximum absolute atomic E-state index is 10.6. The predicted octanol–water partition coefficient (Wildman–Crippen LogP) is 0.461. The molecule has 2 N–H and O–H groups in total. The molecule has 3 nitrogen and oxygen atoms in total. The van der Waals surface area contributed by atoms with E-state index in [0.29, 0.717) is 6.54 Å². The summed E-state index contributed by atoms with van der Waals surface area (Å²) < 4.78 is 1.51. The highest BCUT2D eigenvalue weighted by atomic mass is 35.5. The summed E-state index contributed by atoms with van der Waals surface area (Å²) in [6.07, 6.45) is 4.11. The molecule has 1 heterocycles. The van der Waals surface area contributed by atoms with E-state index in [2.05, 4.69) is 0 Å². The minimum atomic E-state index is -0.277. The topological polar surface area (TPSA) is 46.3 Å². The number of hydrogen-bond donors (Lipinski definition) is 1. The maximum atomic E-state index is 10.6. The standard InChI is InChI=1S/C6H9ClN2O/c7-9-3-1-5(2-4-9)6(8)10/h1,3,5H,2,4H2,(H2,8,10). The van der Waals surface area contributed by atoms with Crippen molar-refractivity contribution in [1.82, 2.24) is 4.42 Å². The molecular formula is C6H9ClN2O. The third kappa shape index (κ3) is 1.64. The van der Waals surface area contributed by atoms with Gasteiger partial charge in [0.15, 0.2) is 0 Å². The molecule has 1 aliphatic heterocycles. The molecule has 1 amide bonds. The fourth-order valence-electron chi connectivity index (χ4n) is 0.868. The van der Waals surface area contributed by atoms with Crippen molar-refractivity contribution in [2.24, 2.45) is 11.7 Å². The van der Waals surface area contributed by atoms with Crippen LogP contribution in [0.5, 0.6) is 0 Å². The highest BCUT2D eigenvalue weighted by molar-refractivity contribution is 6.14. The Morgan fingerprint density at radius 2 is 2.50 bits per heavy atom. The van der Waals surface area contributed by atoms with Gasteiger partial charge in [-0.15, -0.1) is 0 Å². The lowest BCUT2D eigenvalue weighted by Gasteiger charge is -2.19. The molecule has 0 saturated carbocycles. The van der Waals surface area contributed by atoms with Crippen molar-refractivity contribution in [2.75, 3.05) is 6.54 Å². The normalized spacial score (nSPS) is 24.9. The second-order valence-corrected chi connectivity index (χ2v) is 2.70. The molecule has 1 unspecified atom stereocenters. The van der Waals surface area contributed by atoms with Gasteiger partial charge < -0.3 is 5.73 Å². The highest BCUT2D eigenvalue weighted by Gasteiger charge is 2.15. The Hall–Kier alpha value is -0.700. The summed E-state index contributed by atoms with van der Waals surface area (Å²) in [6, 6.07) is 0. The number of primary amides is 1.